The maximum absolute atomic E-state index is 12.9. The van der Waals surface area contributed by atoms with Gasteiger partial charge in [0, 0.05) is 25.7 Å². The second-order valence-electron chi connectivity index (χ2n) is 7.00. The van der Waals surface area contributed by atoms with E-state index in [4.69, 9.17) is 0 Å². The molecular formula is C21H26N2O3S. The van der Waals surface area contributed by atoms with Crippen LogP contribution in [0.4, 0.5) is 0 Å². The Balaban J connectivity index is 1.83. The van der Waals surface area contributed by atoms with Crippen LogP contribution in [0.3, 0.4) is 0 Å². The van der Waals surface area contributed by atoms with Crippen LogP contribution in [0.5, 0.6) is 0 Å². The Kier molecular flexibility index (Phi) is 5.97. The van der Waals surface area contributed by atoms with Crippen LogP contribution in [-0.2, 0) is 10.0 Å². The maximum Gasteiger partial charge on any atom is 0.254 e. The molecule has 5 nitrogen and oxygen atoms in total. The molecule has 1 heterocycles. The van der Waals surface area contributed by atoms with E-state index in [-0.39, 0.29) is 16.8 Å². The third-order valence-corrected chi connectivity index (χ3v) is 7.11. The molecule has 0 aromatic heterocycles. The van der Waals surface area contributed by atoms with Gasteiger partial charge >= 0.3 is 0 Å². The van der Waals surface area contributed by atoms with Crippen LogP contribution in [0.25, 0.3) is 0 Å². The monoisotopic (exact) mass is 386 g/mol. The number of piperidine rings is 1. The van der Waals surface area contributed by atoms with E-state index in [0.717, 1.165) is 24.8 Å². The summed E-state index contributed by atoms with van der Waals surface area (Å²) in [4.78, 5) is 14.8. The molecule has 0 radical (unpaired) electrons. The number of amides is 1. The molecule has 1 amide bonds. The number of sulfonamides is 1. The molecule has 0 spiro atoms. The number of hydrogen-bond acceptors (Lipinski definition) is 3. The summed E-state index contributed by atoms with van der Waals surface area (Å²) < 4.78 is 27.3. The zero-order valence-electron chi connectivity index (χ0n) is 15.8. The molecule has 144 valence electrons. The lowest BCUT2D eigenvalue weighted by Crippen LogP contribution is -2.35. The topological polar surface area (TPSA) is 57.7 Å². The highest BCUT2D eigenvalue weighted by molar-refractivity contribution is 7.89. The molecule has 1 aliphatic heterocycles. The van der Waals surface area contributed by atoms with E-state index in [1.807, 2.05) is 37.3 Å². The minimum absolute atomic E-state index is 0.110. The second kappa shape index (κ2) is 8.23. The van der Waals surface area contributed by atoms with Gasteiger partial charge in [-0.1, -0.05) is 42.8 Å². The molecule has 0 N–H and O–H groups in total. The zero-order chi connectivity index (χ0) is 19.4. The van der Waals surface area contributed by atoms with Crippen molar-refractivity contribution in [3.63, 3.8) is 0 Å². The van der Waals surface area contributed by atoms with Gasteiger partial charge in [-0.05, 0) is 43.5 Å². The molecule has 1 aliphatic rings. The van der Waals surface area contributed by atoms with Gasteiger partial charge in [0.15, 0.2) is 0 Å². The lowest BCUT2D eigenvalue weighted by molar-refractivity contribution is 0.0742. The molecule has 1 unspecified atom stereocenters. The number of carbonyl (C=O) groups is 1. The summed E-state index contributed by atoms with van der Waals surface area (Å²) in [6.07, 6.45) is 2.83. The first-order valence-electron chi connectivity index (χ1n) is 9.33. The largest absolute Gasteiger partial charge is 0.335 e. The molecule has 0 bridgehead atoms. The summed E-state index contributed by atoms with van der Waals surface area (Å²) in [5, 5.41) is 0. The minimum atomic E-state index is -3.55. The maximum atomic E-state index is 12.9. The van der Waals surface area contributed by atoms with Crippen LogP contribution < -0.4 is 0 Å². The number of benzene rings is 2. The van der Waals surface area contributed by atoms with Gasteiger partial charge in [0.1, 0.15) is 0 Å². The molecule has 1 fully saturated rings. The fourth-order valence-corrected chi connectivity index (χ4v) is 4.94. The normalized spacial score (nSPS) is 16.7. The number of hydrogen-bond donors (Lipinski definition) is 0. The van der Waals surface area contributed by atoms with E-state index in [2.05, 4.69) is 0 Å². The van der Waals surface area contributed by atoms with Crippen molar-refractivity contribution in [2.75, 3.05) is 20.1 Å². The van der Waals surface area contributed by atoms with E-state index in [1.165, 1.54) is 10.4 Å². The first-order chi connectivity index (χ1) is 12.9. The van der Waals surface area contributed by atoms with E-state index >= 15 is 0 Å². The van der Waals surface area contributed by atoms with Crippen molar-refractivity contribution < 1.29 is 13.2 Å². The van der Waals surface area contributed by atoms with E-state index < -0.39 is 10.0 Å². The van der Waals surface area contributed by atoms with Crippen molar-refractivity contribution in [3.8, 4) is 0 Å². The Morgan fingerprint density at radius 3 is 2.33 bits per heavy atom. The van der Waals surface area contributed by atoms with Crippen LogP contribution in [0.15, 0.2) is 59.5 Å². The van der Waals surface area contributed by atoms with Crippen molar-refractivity contribution in [2.24, 2.45) is 0 Å². The Bertz CT molecular complexity index is 891. The highest BCUT2D eigenvalue weighted by Gasteiger charge is 2.27. The average molecular weight is 387 g/mol. The SMILES string of the molecule is CC(c1ccccc1)N(C)C(=O)c1cccc(S(=O)(=O)N2CCCCC2)c1. The van der Waals surface area contributed by atoms with Crippen LogP contribution in [-0.4, -0.2) is 43.7 Å². The predicted molar refractivity (Wildman–Crippen MR) is 106 cm³/mol. The van der Waals surface area contributed by atoms with Gasteiger partial charge in [-0.2, -0.15) is 4.31 Å². The second-order valence-corrected chi connectivity index (χ2v) is 8.93. The molecule has 1 atom stereocenters. The minimum Gasteiger partial charge on any atom is -0.335 e. The summed E-state index contributed by atoms with van der Waals surface area (Å²) in [6, 6.07) is 16.1. The molecular weight excluding hydrogens is 360 g/mol. The number of rotatable bonds is 5. The van der Waals surface area contributed by atoms with Crippen LogP contribution in [0.2, 0.25) is 0 Å². The molecule has 2 aromatic rings. The Morgan fingerprint density at radius 2 is 1.67 bits per heavy atom. The average Bonchev–Trinajstić information content (AvgIpc) is 2.73. The van der Waals surface area contributed by atoms with Crippen LogP contribution in [0, 0.1) is 0 Å². The van der Waals surface area contributed by atoms with Gasteiger partial charge in [0.2, 0.25) is 10.0 Å². The lowest BCUT2D eigenvalue weighted by atomic mass is 10.1. The molecule has 3 rings (SSSR count). The first-order valence-corrected chi connectivity index (χ1v) is 10.8. The smallest absolute Gasteiger partial charge is 0.254 e. The van der Waals surface area contributed by atoms with E-state index in [9.17, 15) is 13.2 Å². The standard InChI is InChI=1S/C21H26N2O3S/c1-17(18-10-5-3-6-11-18)22(2)21(24)19-12-9-13-20(16-19)27(25,26)23-14-7-4-8-15-23/h3,5-6,9-13,16-17H,4,7-8,14-15H2,1-2H3. The number of nitrogens with zero attached hydrogens (tertiary/aromatic N) is 2. The quantitative estimate of drug-likeness (QED) is 0.787. The highest BCUT2D eigenvalue weighted by Crippen LogP contribution is 2.24. The summed E-state index contributed by atoms with van der Waals surface area (Å²) in [5.41, 5.74) is 1.42. The molecule has 1 saturated heterocycles. The fraction of sp³-hybridized carbons (Fsp3) is 0.381. The van der Waals surface area contributed by atoms with Crippen molar-refractivity contribution in [3.05, 3.63) is 65.7 Å². The molecule has 0 saturated carbocycles. The van der Waals surface area contributed by atoms with Gasteiger partial charge < -0.3 is 4.90 Å². The number of carbonyl (C=O) groups excluding carboxylic acids is 1. The van der Waals surface area contributed by atoms with Gasteiger partial charge in [-0.15, -0.1) is 0 Å². The lowest BCUT2D eigenvalue weighted by Gasteiger charge is -2.27. The summed E-state index contributed by atoms with van der Waals surface area (Å²) in [6.45, 7) is 3.05. The Hall–Kier alpha value is -2.18. The van der Waals surface area contributed by atoms with E-state index in [1.54, 1.807) is 30.1 Å². The molecule has 0 aliphatic carbocycles. The van der Waals surface area contributed by atoms with Crippen molar-refractivity contribution >= 4 is 15.9 Å². The molecule has 27 heavy (non-hydrogen) atoms. The fourth-order valence-electron chi connectivity index (χ4n) is 3.38. The van der Waals surface area contributed by atoms with E-state index in [0.29, 0.717) is 18.7 Å². The molecule has 2 aromatic carbocycles. The Labute approximate surface area is 161 Å². The van der Waals surface area contributed by atoms with Crippen molar-refractivity contribution in [1.82, 2.24) is 9.21 Å². The summed E-state index contributed by atoms with van der Waals surface area (Å²) in [7, 11) is -1.81. The summed E-state index contributed by atoms with van der Waals surface area (Å²) >= 11 is 0. The third kappa shape index (κ3) is 4.22. The Morgan fingerprint density at radius 1 is 1.00 bits per heavy atom. The van der Waals surface area contributed by atoms with Gasteiger partial charge in [-0.3, -0.25) is 4.79 Å². The zero-order valence-corrected chi connectivity index (χ0v) is 16.7. The summed E-state index contributed by atoms with van der Waals surface area (Å²) in [5.74, 6) is -0.193. The van der Waals surface area contributed by atoms with Gasteiger partial charge in [0.25, 0.3) is 5.91 Å². The van der Waals surface area contributed by atoms with Crippen molar-refractivity contribution in [2.45, 2.75) is 37.1 Å². The molecule has 6 heteroatoms. The van der Waals surface area contributed by atoms with Gasteiger partial charge in [0.05, 0.1) is 10.9 Å². The highest BCUT2D eigenvalue weighted by atomic mass is 32.2. The van der Waals surface area contributed by atoms with Crippen LogP contribution >= 0.6 is 0 Å². The predicted octanol–water partition coefficient (Wildman–Crippen LogP) is 3.69. The van der Waals surface area contributed by atoms with Crippen LogP contribution in [0.1, 0.15) is 48.1 Å². The van der Waals surface area contributed by atoms with Crippen molar-refractivity contribution in [1.29, 1.82) is 0 Å². The third-order valence-electron chi connectivity index (χ3n) is 5.22. The van der Waals surface area contributed by atoms with Gasteiger partial charge in [-0.25, -0.2) is 8.42 Å². The first kappa shape index (κ1) is 19.6.